The van der Waals surface area contributed by atoms with Crippen molar-refractivity contribution < 1.29 is 0 Å². The van der Waals surface area contributed by atoms with Crippen LogP contribution in [0.1, 0.15) is 46.0 Å². The zero-order chi connectivity index (χ0) is 9.90. The highest BCUT2D eigenvalue weighted by Crippen LogP contribution is 2.40. The van der Waals surface area contributed by atoms with E-state index in [-0.39, 0.29) is 6.04 Å². The Morgan fingerprint density at radius 1 is 1.38 bits per heavy atom. The Kier molecular flexibility index (Phi) is 3.51. The molecule has 0 aromatic rings. The summed E-state index contributed by atoms with van der Waals surface area (Å²) in [5, 5.41) is 0. The van der Waals surface area contributed by atoms with Gasteiger partial charge in [-0.3, -0.25) is 11.3 Å². The predicted octanol–water partition coefficient (Wildman–Crippen LogP) is 2.36. The van der Waals surface area contributed by atoms with Gasteiger partial charge in [-0.2, -0.15) is 0 Å². The average Bonchev–Trinajstić information content (AvgIpc) is 2.05. The number of nitrogens with one attached hydrogen (secondary N) is 1. The Bertz CT molecular complexity index is 181. The summed E-state index contributed by atoms with van der Waals surface area (Å²) in [7, 11) is 0. The molecule has 0 aliphatic heterocycles. The Labute approximate surface area is 81.6 Å². The van der Waals surface area contributed by atoms with Crippen LogP contribution in [0.3, 0.4) is 0 Å². The summed E-state index contributed by atoms with van der Waals surface area (Å²) < 4.78 is 0. The molecule has 1 aliphatic rings. The van der Waals surface area contributed by atoms with E-state index in [0.29, 0.717) is 5.41 Å². The lowest BCUT2D eigenvalue weighted by Crippen LogP contribution is -2.48. The number of hydrogen-bond acceptors (Lipinski definition) is 2. The summed E-state index contributed by atoms with van der Waals surface area (Å²) in [6.45, 7) is 8.39. The van der Waals surface area contributed by atoms with E-state index < -0.39 is 0 Å². The van der Waals surface area contributed by atoms with Crippen LogP contribution in [0.25, 0.3) is 0 Å². The van der Waals surface area contributed by atoms with Crippen molar-refractivity contribution in [3.63, 3.8) is 0 Å². The molecule has 0 heterocycles. The minimum atomic E-state index is 0.285. The molecule has 1 atom stereocenters. The van der Waals surface area contributed by atoms with Crippen LogP contribution >= 0.6 is 0 Å². The monoisotopic (exact) mass is 182 g/mol. The first kappa shape index (κ1) is 10.7. The highest BCUT2D eigenvalue weighted by molar-refractivity contribution is 5.08. The van der Waals surface area contributed by atoms with Crippen LogP contribution in [-0.2, 0) is 0 Å². The highest BCUT2D eigenvalue weighted by atomic mass is 15.2. The topological polar surface area (TPSA) is 38.0 Å². The summed E-state index contributed by atoms with van der Waals surface area (Å²) in [6.07, 6.45) is 6.59. The molecule has 0 bridgehead atoms. The van der Waals surface area contributed by atoms with Gasteiger partial charge in [-0.25, -0.2) is 0 Å². The van der Waals surface area contributed by atoms with Gasteiger partial charge in [0.05, 0.1) is 0 Å². The van der Waals surface area contributed by atoms with E-state index in [9.17, 15) is 0 Å². The zero-order valence-corrected chi connectivity index (χ0v) is 8.90. The zero-order valence-electron chi connectivity index (χ0n) is 8.90. The van der Waals surface area contributed by atoms with Crippen LogP contribution in [0.15, 0.2) is 12.2 Å². The predicted molar refractivity (Wildman–Crippen MR) is 57.1 cm³/mol. The van der Waals surface area contributed by atoms with Crippen LogP contribution in [0.5, 0.6) is 0 Å². The van der Waals surface area contributed by atoms with Crippen LogP contribution in [0.4, 0.5) is 0 Å². The summed E-state index contributed by atoms with van der Waals surface area (Å²) in [6, 6.07) is 0.285. The molecule has 0 aromatic heterocycles. The van der Waals surface area contributed by atoms with Crippen molar-refractivity contribution in [2.75, 3.05) is 0 Å². The maximum atomic E-state index is 5.58. The molecule has 1 saturated carbocycles. The lowest BCUT2D eigenvalue weighted by molar-refractivity contribution is 0.164. The van der Waals surface area contributed by atoms with Gasteiger partial charge in [0.2, 0.25) is 0 Å². The van der Waals surface area contributed by atoms with E-state index in [2.05, 4.69) is 25.9 Å². The lowest BCUT2D eigenvalue weighted by Gasteiger charge is -2.40. The van der Waals surface area contributed by atoms with Gasteiger partial charge < -0.3 is 0 Å². The van der Waals surface area contributed by atoms with E-state index in [0.717, 1.165) is 5.57 Å². The van der Waals surface area contributed by atoms with Crippen molar-refractivity contribution in [1.29, 1.82) is 0 Å². The summed E-state index contributed by atoms with van der Waals surface area (Å²) in [5.74, 6) is 5.58. The molecule has 0 spiro atoms. The number of hydrazine groups is 1. The third-order valence-corrected chi connectivity index (χ3v) is 3.35. The van der Waals surface area contributed by atoms with E-state index >= 15 is 0 Å². The molecule has 3 N–H and O–H groups in total. The largest absolute Gasteiger partial charge is 0.271 e. The molecule has 2 nitrogen and oxygen atoms in total. The number of rotatable bonds is 3. The van der Waals surface area contributed by atoms with Gasteiger partial charge >= 0.3 is 0 Å². The first-order chi connectivity index (χ1) is 6.10. The lowest BCUT2D eigenvalue weighted by atomic mass is 9.69. The molecule has 0 amide bonds. The smallest absolute Gasteiger partial charge is 0.0468 e. The fourth-order valence-corrected chi connectivity index (χ4v) is 2.59. The second kappa shape index (κ2) is 4.25. The standard InChI is InChI=1S/C11H22N2/c1-9(2)10(13-12)11(3)7-5-4-6-8-11/h10,13H,1,4-8,12H2,2-3H3. The first-order valence-corrected chi connectivity index (χ1v) is 5.22. The minimum absolute atomic E-state index is 0.285. The summed E-state index contributed by atoms with van der Waals surface area (Å²) >= 11 is 0. The van der Waals surface area contributed by atoms with Crippen molar-refractivity contribution in [2.24, 2.45) is 11.3 Å². The maximum Gasteiger partial charge on any atom is 0.0468 e. The van der Waals surface area contributed by atoms with Crippen molar-refractivity contribution in [1.82, 2.24) is 5.43 Å². The summed E-state index contributed by atoms with van der Waals surface area (Å²) in [4.78, 5) is 0. The molecule has 0 radical (unpaired) electrons. The third-order valence-electron chi connectivity index (χ3n) is 3.35. The van der Waals surface area contributed by atoms with Crippen LogP contribution in [0, 0.1) is 5.41 Å². The first-order valence-electron chi connectivity index (χ1n) is 5.22. The summed E-state index contributed by atoms with van der Waals surface area (Å²) in [5.41, 5.74) is 4.40. The van der Waals surface area contributed by atoms with Gasteiger partial charge in [0.15, 0.2) is 0 Å². The second-order valence-corrected chi connectivity index (χ2v) is 4.66. The van der Waals surface area contributed by atoms with Crippen LogP contribution in [0.2, 0.25) is 0 Å². The Balaban J connectivity index is 2.68. The van der Waals surface area contributed by atoms with Crippen LogP contribution < -0.4 is 11.3 Å². The van der Waals surface area contributed by atoms with Gasteiger partial charge in [-0.15, -0.1) is 0 Å². The van der Waals surface area contributed by atoms with E-state index in [1.54, 1.807) is 0 Å². The molecule has 0 aromatic carbocycles. The second-order valence-electron chi connectivity index (χ2n) is 4.66. The van der Waals surface area contributed by atoms with Gasteiger partial charge in [0, 0.05) is 6.04 Å². The van der Waals surface area contributed by atoms with Crippen molar-refractivity contribution in [2.45, 2.75) is 52.0 Å². The van der Waals surface area contributed by atoms with Crippen LogP contribution in [-0.4, -0.2) is 6.04 Å². The van der Waals surface area contributed by atoms with Gasteiger partial charge in [0.25, 0.3) is 0 Å². The van der Waals surface area contributed by atoms with Gasteiger partial charge in [-0.05, 0) is 25.2 Å². The normalized spacial score (nSPS) is 23.9. The molecular formula is C11H22N2. The third kappa shape index (κ3) is 2.32. The molecule has 0 saturated heterocycles. The van der Waals surface area contributed by atoms with Crippen molar-refractivity contribution in [3.8, 4) is 0 Å². The van der Waals surface area contributed by atoms with E-state index in [4.69, 9.17) is 5.84 Å². The van der Waals surface area contributed by atoms with E-state index in [1.807, 2.05) is 0 Å². The Morgan fingerprint density at radius 2 is 1.92 bits per heavy atom. The van der Waals surface area contributed by atoms with Crippen molar-refractivity contribution in [3.05, 3.63) is 12.2 Å². The van der Waals surface area contributed by atoms with Crippen molar-refractivity contribution >= 4 is 0 Å². The number of nitrogens with two attached hydrogens (primary N) is 1. The quantitative estimate of drug-likeness (QED) is 0.399. The average molecular weight is 182 g/mol. The fourth-order valence-electron chi connectivity index (χ4n) is 2.59. The molecule has 1 aliphatic carbocycles. The fraction of sp³-hybridized carbons (Fsp3) is 0.818. The number of hydrogen-bond donors (Lipinski definition) is 2. The minimum Gasteiger partial charge on any atom is -0.271 e. The molecule has 2 heteroatoms. The van der Waals surface area contributed by atoms with E-state index in [1.165, 1.54) is 32.1 Å². The SMILES string of the molecule is C=C(C)C(NN)C1(C)CCCCC1. The van der Waals surface area contributed by atoms with Gasteiger partial charge in [0.1, 0.15) is 0 Å². The Hall–Kier alpha value is -0.340. The molecule has 1 fully saturated rings. The molecule has 76 valence electrons. The Morgan fingerprint density at radius 3 is 2.31 bits per heavy atom. The molecule has 1 rings (SSSR count). The highest BCUT2D eigenvalue weighted by Gasteiger charge is 2.34. The molecule has 1 unspecified atom stereocenters. The maximum absolute atomic E-state index is 5.58. The molecular weight excluding hydrogens is 160 g/mol. The molecule has 13 heavy (non-hydrogen) atoms. The van der Waals surface area contributed by atoms with Gasteiger partial charge in [-0.1, -0.05) is 38.3 Å².